The lowest BCUT2D eigenvalue weighted by atomic mass is 9.65. The van der Waals surface area contributed by atoms with Gasteiger partial charge in [0, 0.05) is 30.1 Å². The molecule has 1 amide bonds. The molecule has 1 aliphatic carbocycles. The Morgan fingerprint density at radius 2 is 1.88 bits per heavy atom. The molecule has 8 nitrogen and oxygen atoms in total. The van der Waals surface area contributed by atoms with Crippen LogP contribution in [0, 0.1) is 23.2 Å². The first-order chi connectivity index (χ1) is 23.0. The molecule has 2 aromatic rings. The number of halogens is 1. The molecule has 1 spiro atoms. The van der Waals surface area contributed by atoms with Gasteiger partial charge in [0.05, 0.1) is 29.2 Å². The number of hydrogen-bond donors (Lipinski definition) is 1. The van der Waals surface area contributed by atoms with E-state index >= 15 is 0 Å². The summed E-state index contributed by atoms with van der Waals surface area (Å²) < 4.78 is 42.3. The van der Waals surface area contributed by atoms with Crippen molar-refractivity contribution in [2.45, 2.75) is 81.9 Å². The number of amides is 1. The monoisotopic (exact) mass is 695 g/mol. The van der Waals surface area contributed by atoms with Crippen LogP contribution in [0.4, 0.5) is 5.69 Å². The van der Waals surface area contributed by atoms with Crippen molar-refractivity contribution in [1.82, 2.24) is 9.62 Å². The molecule has 0 radical (unpaired) electrons. The first-order valence-electron chi connectivity index (χ1n) is 17.9. The van der Waals surface area contributed by atoms with E-state index in [1.54, 1.807) is 18.2 Å². The third kappa shape index (κ3) is 7.10. The third-order valence-corrected chi connectivity index (χ3v) is 13.2. The Hall–Kier alpha value is -2.75. The minimum Gasteiger partial charge on any atom is -0.493 e. The Balaban J connectivity index is 1.25. The summed E-state index contributed by atoms with van der Waals surface area (Å²) in [6, 6.07) is 10.9. The normalized spacial score (nSPS) is 30.5. The molecule has 0 aromatic heterocycles. The topological polar surface area (TPSA) is 88.2 Å². The molecule has 1 saturated carbocycles. The van der Waals surface area contributed by atoms with E-state index in [9.17, 15) is 13.2 Å². The summed E-state index contributed by atoms with van der Waals surface area (Å²) in [6.07, 6.45) is 13.6. The van der Waals surface area contributed by atoms with Crippen LogP contribution in [-0.4, -0.2) is 65.2 Å². The Labute approximate surface area is 291 Å². The summed E-state index contributed by atoms with van der Waals surface area (Å²) in [5.41, 5.74) is 1.12. The largest absolute Gasteiger partial charge is 0.493 e. The van der Waals surface area contributed by atoms with Gasteiger partial charge in [-0.05, 0) is 125 Å². The molecule has 7 rings (SSSR count). The lowest BCUT2D eigenvalue weighted by Crippen LogP contribution is -2.49. The second-order valence-corrected chi connectivity index (χ2v) is 17.8. The molecule has 4 atom stereocenters. The molecule has 0 unspecified atom stereocenters. The number of fused-ring (bicyclic) bond motifs is 4. The van der Waals surface area contributed by atoms with Gasteiger partial charge in [-0.1, -0.05) is 43.7 Å². The molecule has 1 N–H and O–H groups in total. The second kappa shape index (κ2) is 13.5. The van der Waals surface area contributed by atoms with E-state index in [4.69, 9.17) is 21.1 Å². The SMILES string of the molecule is CC1(C)C/C=C/[C@H](CCCN2CCCC2)[C@@H]2CC[C@H]2CN2C[C@@]3(CCOc4cc(Cl)ccc43)COc3ccc(cc32)S(=O)(=O)NC(=O)C1. The Bertz CT molecular complexity index is 1660. The fraction of sp³-hybridized carbons (Fsp3) is 0.605. The minimum absolute atomic E-state index is 0.0769. The highest BCUT2D eigenvalue weighted by molar-refractivity contribution is 7.90. The molecule has 4 aliphatic heterocycles. The van der Waals surface area contributed by atoms with Crippen molar-refractivity contribution in [2.75, 3.05) is 50.8 Å². The second-order valence-electron chi connectivity index (χ2n) is 15.7. The van der Waals surface area contributed by atoms with Gasteiger partial charge >= 0.3 is 0 Å². The summed E-state index contributed by atoms with van der Waals surface area (Å²) in [5.74, 6) is 2.46. The average Bonchev–Trinajstić information content (AvgIpc) is 3.48. The number of carbonyl (C=O) groups excluding carboxylic acids is 1. The van der Waals surface area contributed by atoms with Crippen LogP contribution in [0.2, 0.25) is 5.02 Å². The number of nitrogens with zero attached hydrogens (tertiary/aromatic N) is 2. The molecule has 2 fully saturated rings. The third-order valence-electron chi connectivity index (χ3n) is 11.6. The van der Waals surface area contributed by atoms with Gasteiger partial charge in [-0.3, -0.25) is 4.79 Å². The highest BCUT2D eigenvalue weighted by atomic mass is 35.5. The van der Waals surface area contributed by atoms with Gasteiger partial charge in [0.15, 0.2) is 0 Å². The van der Waals surface area contributed by atoms with Crippen molar-refractivity contribution in [3.63, 3.8) is 0 Å². The highest BCUT2D eigenvalue weighted by Gasteiger charge is 2.45. The predicted molar refractivity (Wildman–Crippen MR) is 189 cm³/mol. The lowest BCUT2D eigenvalue weighted by Gasteiger charge is -2.46. The fourth-order valence-electron chi connectivity index (χ4n) is 8.76. The van der Waals surface area contributed by atoms with Crippen LogP contribution in [0.5, 0.6) is 11.5 Å². The zero-order valence-electron chi connectivity index (χ0n) is 28.4. The van der Waals surface area contributed by atoms with Crippen molar-refractivity contribution in [3.05, 3.63) is 59.1 Å². The average molecular weight is 696 g/mol. The van der Waals surface area contributed by atoms with Crippen molar-refractivity contribution in [1.29, 1.82) is 0 Å². The van der Waals surface area contributed by atoms with Gasteiger partial charge in [0.2, 0.25) is 5.91 Å². The molecular weight excluding hydrogens is 646 g/mol. The van der Waals surface area contributed by atoms with Crippen LogP contribution in [-0.2, 0) is 20.2 Å². The van der Waals surface area contributed by atoms with Crippen LogP contribution in [0.25, 0.3) is 0 Å². The summed E-state index contributed by atoms with van der Waals surface area (Å²) in [6.45, 7) is 10.2. The van der Waals surface area contributed by atoms with Crippen molar-refractivity contribution in [2.24, 2.45) is 23.2 Å². The van der Waals surface area contributed by atoms with Crippen LogP contribution >= 0.6 is 11.6 Å². The number of rotatable bonds is 4. The Kier molecular flexibility index (Phi) is 9.50. The summed E-state index contributed by atoms with van der Waals surface area (Å²) >= 11 is 6.39. The number of likely N-dealkylation sites (tertiary alicyclic amines) is 1. The fourth-order valence-corrected chi connectivity index (χ4v) is 9.92. The van der Waals surface area contributed by atoms with Gasteiger partial charge < -0.3 is 19.3 Å². The molecular formula is C38H50ClN3O5S. The van der Waals surface area contributed by atoms with E-state index in [1.807, 2.05) is 26.0 Å². The number of ether oxygens (including phenoxy) is 2. The van der Waals surface area contributed by atoms with Crippen molar-refractivity contribution >= 4 is 33.2 Å². The van der Waals surface area contributed by atoms with Gasteiger partial charge in [0.1, 0.15) is 11.5 Å². The smallest absolute Gasteiger partial charge is 0.264 e. The first kappa shape index (κ1) is 33.7. The van der Waals surface area contributed by atoms with E-state index in [0.29, 0.717) is 48.3 Å². The predicted octanol–water partition coefficient (Wildman–Crippen LogP) is 6.96. The number of anilines is 1. The van der Waals surface area contributed by atoms with Crippen LogP contribution in [0.1, 0.15) is 77.2 Å². The van der Waals surface area contributed by atoms with Crippen molar-refractivity contribution in [3.8, 4) is 11.5 Å². The number of carbonyl (C=O) groups is 1. The van der Waals surface area contributed by atoms with Crippen molar-refractivity contribution < 1.29 is 22.7 Å². The van der Waals surface area contributed by atoms with Crippen LogP contribution in [0.3, 0.4) is 0 Å². The number of nitrogens with one attached hydrogen (secondary N) is 1. The van der Waals surface area contributed by atoms with E-state index in [0.717, 1.165) is 55.8 Å². The molecule has 260 valence electrons. The summed E-state index contributed by atoms with van der Waals surface area (Å²) in [4.78, 5) is 18.2. The first-order valence-corrected chi connectivity index (χ1v) is 19.8. The molecule has 2 bridgehead atoms. The summed E-state index contributed by atoms with van der Waals surface area (Å²) in [5, 5.41) is 0.634. The standard InChI is InChI=1S/C38H50ClN3O5S/c1-37(2)15-5-7-27(8-6-19-41-17-3-4-18-41)31-12-9-28(31)24-42-25-38(16-20-46-35-21-29(39)10-13-32(35)38)26-47-34-14-11-30(22-33(34)42)48(44,45)40-36(43)23-37/h5,7,10-11,13-14,21-22,27-28,31H,3-4,6,8-9,12,15-20,23-26H2,1-2H3,(H,40,43)/b7-5+/t27-,28+,31+,38+/m1/s1. The maximum Gasteiger partial charge on any atom is 0.264 e. The molecule has 5 aliphatic rings. The van der Waals surface area contributed by atoms with E-state index < -0.39 is 15.9 Å². The van der Waals surface area contributed by atoms with Gasteiger partial charge in [0.25, 0.3) is 10.0 Å². The Morgan fingerprint density at radius 3 is 2.67 bits per heavy atom. The maximum absolute atomic E-state index is 13.6. The zero-order valence-corrected chi connectivity index (χ0v) is 30.0. The van der Waals surface area contributed by atoms with E-state index in [2.05, 4.69) is 32.7 Å². The summed E-state index contributed by atoms with van der Waals surface area (Å²) in [7, 11) is -4.08. The molecule has 1 saturated heterocycles. The number of benzene rings is 2. The molecule has 10 heteroatoms. The van der Waals surface area contributed by atoms with E-state index in [1.165, 1.54) is 38.8 Å². The zero-order chi connectivity index (χ0) is 33.5. The highest BCUT2D eigenvalue weighted by Crippen LogP contribution is 2.49. The van der Waals surface area contributed by atoms with Gasteiger partial charge in [-0.2, -0.15) is 0 Å². The van der Waals surface area contributed by atoms with Gasteiger partial charge in [-0.25, -0.2) is 13.1 Å². The molecule has 2 aromatic carbocycles. The minimum atomic E-state index is -4.08. The number of sulfonamides is 1. The van der Waals surface area contributed by atoms with E-state index in [-0.39, 0.29) is 22.1 Å². The van der Waals surface area contributed by atoms with Gasteiger partial charge in [-0.15, -0.1) is 0 Å². The van der Waals surface area contributed by atoms with Crippen LogP contribution < -0.4 is 19.1 Å². The Morgan fingerprint density at radius 1 is 1.04 bits per heavy atom. The number of hydrogen-bond acceptors (Lipinski definition) is 7. The molecule has 4 heterocycles. The lowest BCUT2D eigenvalue weighted by molar-refractivity contribution is -0.121. The molecule has 48 heavy (non-hydrogen) atoms. The maximum atomic E-state index is 13.6. The number of allylic oxidation sites excluding steroid dienone is 2. The van der Waals surface area contributed by atoms with Crippen LogP contribution in [0.15, 0.2) is 53.4 Å². The quantitative estimate of drug-likeness (QED) is 0.346.